The van der Waals surface area contributed by atoms with Crippen LogP contribution in [0.4, 0.5) is 0 Å². The molecule has 1 amide bonds. The van der Waals surface area contributed by atoms with Gasteiger partial charge in [-0.25, -0.2) is 0 Å². The van der Waals surface area contributed by atoms with Crippen molar-refractivity contribution in [2.45, 2.75) is 46.0 Å². The molecule has 0 atom stereocenters. The van der Waals surface area contributed by atoms with Crippen LogP contribution in [0.5, 0.6) is 0 Å². The fourth-order valence-electron chi connectivity index (χ4n) is 2.71. The van der Waals surface area contributed by atoms with Crippen LogP contribution in [0.15, 0.2) is 6.07 Å². The van der Waals surface area contributed by atoms with E-state index in [2.05, 4.69) is 36.4 Å². The van der Waals surface area contributed by atoms with Crippen molar-refractivity contribution in [1.29, 1.82) is 0 Å². The minimum Gasteiger partial charge on any atom is -0.352 e. The molecule has 0 bridgehead atoms. The molecule has 1 aliphatic heterocycles. The third-order valence-corrected chi connectivity index (χ3v) is 4.18. The average Bonchev–Trinajstić information content (AvgIpc) is 2.59. The molecule has 18 heavy (non-hydrogen) atoms. The summed E-state index contributed by atoms with van der Waals surface area (Å²) in [6.45, 7) is 6.08. The van der Waals surface area contributed by atoms with Gasteiger partial charge in [0.15, 0.2) is 0 Å². The van der Waals surface area contributed by atoms with E-state index in [4.69, 9.17) is 0 Å². The molecule has 1 aromatic heterocycles. The fourth-order valence-corrected chi connectivity index (χ4v) is 2.71. The van der Waals surface area contributed by atoms with E-state index in [-0.39, 0.29) is 0 Å². The van der Waals surface area contributed by atoms with Crippen LogP contribution in [-0.4, -0.2) is 28.5 Å². The summed E-state index contributed by atoms with van der Waals surface area (Å²) < 4.78 is 2.16. The Balaban J connectivity index is 2.03. The lowest BCUT2D eigenvalue weighted by Gasteiger charge is -2.20. The van der Waals surface area contributed by atoms with E-state index in [1.165, 1.54) is 42.6 Å². The quantitative estimate of drug-likeness (QED) is 0.789. The Kier molecular flexibility index (Phi) is 4.10. The van der Waals surface area contributed by atoms with Crippen LogP contribution in [0.2, 0.25) is 0 Å². The lowest BCUT2D eigenvalue weighted by molar-refractivity contribution is -0.130. The van der Waals surface area contributed by atoms with E-state index in [0.29, 0.717) is 12.3 Å². The molecule has 0 N–H and O–H groups in total. The zero-order chi connectivity index (χ0) is 13.1. The number of likely N-dealkylation sites (tertiary alicyclic amines) is 1. The van der Waals surface area contributed by atoms with E-state index < -0.39 is 0 Å². The van der Waals surface area contributed by atoms with Crippen LogP contribution in [-0.2, 0) is 18.3 Å². The highest BCUT2D eigenvalue weighted by atomic mass is 16.2. The van der Waals surface area contributed by atoms with Crippen LogP contribution in [0.1, 0.15) is 42.6 Å². The van der Waals surface area contributed by atoms with Crippen LogP contribution >= 0.6 is 0 Å². The van der Waals surface area contributed by atoms with E-state index in [9.17, 15) is 4.79 Å². The number of aryl methyl sites for hydroxylation is 1. The van der Waals surface area contributed by atoms with Gasteiger partial charge >= 0.3 is 0 Å². The van der Waals surface area contributed by atoms with Crippen molar-refractivity contribution >= 4 is 5.91 Å². The second-order valence-electron chi connectivity index (χ2n) is 5.43. The number of carbonyl (C=O) groups is 1. The summed E-state index contributed by atoms with van der Waals surface area (Å²) in [4.78, 5) is 14.4. The topological polar surface area (TPSA) is 25.2 Å². The van der Waals surface area contributed by atoms with E-state index in [0.717, 1.165) is 13.1 Å². The highest BCUT2D eigenvalue weighted by molar-refractivity contribution is 5.79. The van der Waals surface area contributed by atoms with Crippen molar-refractivity contribution in [3.63, 3.8) is 0 Å². The Morgan fingerprint density at radius 2 is 1.78 bits per heavy atom. The van der Waals surface area contributed by atoms with Crippen molar-refractivity contribution in [1.82, 2.24) is 9.47 Å². The summed E-state index contributed by atoms with van der Waals surface area (Å²) in [5.74, 6) is 0.297. The number of aromatic nitrogens is 1. The number of rotatable bonds is 2. The average molecular weight is 248 g/mol. The van der Waals surface area contributed by atoms with Gasteiger partial charge in [-0.05, 0) is 38.3 Å². The molecule has 3 nitrogen and oxygen atoms in total. The number of hydrogen-bond donors (Lipinski definition) is 0. The number of carbonyl (C=O) groups excluding carboxylic acids is 1. The van der Waals surface area contributed by atoms with Gasteiger partial charge < -0.3 is 9.47 Å². The number of nitrogens with zero attached hydrogens (tertiary/aromatic N) is 2. The molecule has 3 heteroatoms. The van der Waals surface area contributed by atoms with Gasteiger partial charge in [-0.3, -0.25) is 4.79 Å². The minimum absolute atomic E-state index is 0.297. The third kappa shape index (κ3) is 2.77. The van der Waals surface area contributed by atoms with Crippen molar-refractivity contribution in [2.75, 3.05) is 13.1 Å². The van der Waals surface area contributed by atoms with Crippen molar-refractivity contribution in [3.8, 4) is 0 Å². The number of hydrogen-bond acceptors (Lipinski definition) is 1. The molecule has 1 fully saturated rings. The Bertz CT molecular complexity index is 426. The molecule has 0 aromatic carbocycles. The predicted molar refractivity (Wildman–Crippen MR) is 73.6 cm³/mol. The van der Waals surface area contributed by atoms with Gasteiger partial charge in [0.1, 0.15) is 0 Å². The Morgan fingerprint density at radius 3 is 2.28 bits per heavy atom. The van der Waals surface area contributed by atoms with E-state index in [1.807, 2.05) is 0 Å². The number of amides is 1. The molecule has 0 radical (unpaired) electrons. The van der Waals surface area contributed by atoms with Crippen molar-refractivity contribution in [2.24, 2.45) is 7.05 Å². The van der Waals surface area contributed by atoms with Gasteiger partial charge in [0.05, 0.1) is 6.42 Å². The predicted octanol–water partition coefficient (Wildman–Crippen LogP) is 2.59. The van der Waals surface area contributed by atoms with Crippen LogP contribution in [0, 0.1) is 13.8 Å². The lowest BCUT2D eigenvalue weighted by Crippen LogP contribution is -2.33. The zero-order valence-corrected chi connectivity index (χ0v) is 11.8. The van der Waals surface area contributed by atoms with Crippen molar-refractivity contribution in [3.05, 3.63) is 23.0 Å². The summed E-state index contributed by atoms with van der Waals surface area (Å²) in [7, 11) is 2.06. The van der Waals surface area contributed by atoms with Gasteiger partial charge in [-0.15, -0.1) is 0 Å². The molecule has 0 spiro atoms. The molecular weight excluding hydrogens is 224 g/mol. The lowest BCUT2D eigenvalue weighted by atomic mass is 10.1. The smallest absolute Gasteiger partial charge is 0.227 e. The van der Waals surface area contributed by atoms with Gasteiger partial charge in [-0.2, -0.15) is 0 Å². The molecule has 2 rings (SSSR count). The van der Waals surface area contributed by atoms with Gasteiger partial charge in [-0.1, -0.05) is 12.8 Å². The molecule has 0 saturated carbocycles. The molecule has 1 saturated heterocycles. The first-order chi connectivity index (χ1) is 8.59. The monoisotopic (exact) mass is 248 g/mol. The normalized spacial score (nSPS) is 16.7. The minimum atomic E-state index is 0.297. The van der Waals surface area contributed by atoms with E-state index >= 15 is 0 Å². The maximum Gasteiger partial charge on any atom is 0.227 e. The standard InChI is InChI=1S/C15H24N2O/c1-12-10-14(13(2)16(12)3)11-15(18)17-8-6-4-5-7-9-17/h10H,4-9,11H2,1-3H3. The Morgan fingerprint density at radius 1 is 1.17 bits per heavy atom. The largest absolute Gasteiger partial charge is 0.352 e. The summed E-state index contributed by atoms with van der Waals surface area (Å²) in [5, 5.41) is 0. The molecule has 1 aromatic rings. The molecule has 0 aliphatic carbocycles. The van der Waals surface area contributed by atoms with Gasteiger partial charge in [0.2, 0.25) is 5.91 Å². The second kappa shape index (κ2) is 5.59. The van der Waals surface area contributed by atoms with Gasteiger partial charge in [0.25, 0.3) is 0 Å². The summed E-state index contributed by atoms with van der Waals surface area (Å²) in [6, 6.07) is 2.14. The maximum absolute atomic E-state index is 12.3. The van der Waals surface area contributed by atoms with Crippen LogP contribution < -0.4 is 0 Å². The van der Waals surface area contributed by atoms with Crippen molar-refractivity contribution < 1.29 is 4.79 Å². The summed E-state index contributed by atoms with van der Waals surface area (Å²) >= 11 is 0. The molecule has 1 aliphatic rings. The maximum atomic E-state index is 12.3. The molecule has 2 heterocycles. The first-order valence-corrected chi connectivity index (χ1v) is 6.99. The molecular formula is C15H24N2O. The third-order valence-electron chi connectivity index (χ3n) is 4.18. The molecule has 100 valence electrons. The first kappa shape index (κ1) is 13.2. The fraction of sp³-hybridized carbons (Fsp3) is 0.667. The zero-order valence-electron chi connectivity index (χ0n) is 11.8. The second-order valence-corrected chi connectivity index (χ2v) is 5.43. The Hall–Kier alpha value is -1.25. The van der Waals surface area contributed by atoms with E-state index in [1.54, 1.807) is 0 Å². The summed E-state index contributed by atoms with van der Waals surface area (Å²) in [6.07, 6.45) is 5.44. The van der Waals surface area contributed by atoms with Gasteiger partial charge in [0, 0.05) is 31.5 Å². The van der Waals surface area contributed by atoms with Crippen LogP contribution in [0.25, 0.3) is 0 Å². The highest BCUT2D eigenvalue weighted by Crippen LogP contribution is 2.16. The highest BCUT2D eigenvalue weighted by Gasteiger charge is 2.17. The SMILES string of the molecule is Cc1cc(CC(=O)N2CCCCCC2)c(C)n1C. The molecule has 0 unspecified atom stereocenters. The summed E-state index contributed by atoms with van der Waals surface area (Å²) in [5.41, 5.74) is 3.63. The first-order valence-electron chi connectivity index (χ1n) is 6.99. The Labute approximate surface area is 110 Å². The van der Waals surface area contributed by atoms with Crippen LogP contribution in [0.3, 0.4) is 0 Å².